The third kappa shape index (κ3) is 3.39. The van der Waals surface area contributed by atoms with Crippen molar-refractivity contribution >= 4 is 0 Å². The first kappa shape index (κ1) is 18.2. The fraction of sp³-hybridized carbons (Fsp3) is 0.700. The molecule has 0 radical (unpaired) electrons. The molecule has 3 rings (SSSR count). The highest BCUT2D eigenvalue weighted by Gasteiger charge is 2.55. The average molecular weight is 346 g/mol. The van der Waals surface area contributed by atoms with Crippen molar-refractivity contribution in [1.29, 1.82) is 0 Å². The van der Waals surface area contributed by atoms with Gasteiger partial charge in [0.05, 0.1) is 0 Å². The van der Waals surface area contributed by atoms with Crippen molar-refractivity contribution in [2.24, 2.45) is 22.5 Å². The lowest BCUT2D eigenvalue weighted by Gasteiger charge is -2.58. The summed E-state index contributed by atoms with van der Waals surface area (Å²) < 4.78 is 0. The molecular weight excluding hydrogens is 316 g/mol. The van der Waals surface area contributed by atoms with Crippen molar-refractivity contribution in [3.63, 3.8) is 0 Å². The maximum absolute atomic E-state index is 10.8. The minimum atomic E-state index is -0.649. The number of hydrogen-bond donors (Lipinski definition) is 1. The molecule has 5 heteroatoms. The maximum Gasteiger partial charge on any atom is 0.294 e. The molecule has 5 atom stereocenters. The van der Waals surface area contributed by atoms with Gasteiger partial charge in [-0.3, -0.25) is 0 Å². The Morgan fingerprint density at radius 2 is 1.92 bits per heavy atom. The first-order valence-corrected chi connectivity index (χ1v) is 9.27. The predicted molar refractivity (Wildman–Crippen MR) is 97.5 cm³/mol. The Kier molecular flexibility index (Phi) is 4.56. The summed E-state index contributed by atoms with van der Waals surface area (Å²) in [5.74, 6) is 0.527. The van der Waals surface area contributed by atoms with Gasteiger partial charge in [0.2, 0.25) is 0 Å². The Morgan fingerprint density at radius 1 is 1.24 bits per heavy atom. The number of rotatable bonds is 5. The zero-order valence-corrected chi connectivity index (χ0v) is 15.5. The van der Waals surface area contributed by atoms with E-state index < -0.39 is 11.2 Å². The van der Waals surface area contributed by atoms with E-state index in [4.69, 9.17) is 10.6 Å². The maximum atomic E-state index is 10.8. The van der Waals surface area contributed by atoms with Crippen molar-refractivity contribution in [2.75, 3.05) is 6.54 Å². The van der Waals surface area contributed by atoms with Gasteiger partial charge >= 0.3 is 0 Å². The van der Waals surface area contributed by atoms with Crippen molar-refractivity contribution in [3.8, 4) is 0 Å². The average Bonchev–Trinajstić information content (AvgIpc) is 2.54. The molecule has 5 nitrogen and oxygen atoms in total. The smallest absolute Gasteiger partial charge is 0.294 e. The van der Waals surface area contributed by atoms with Gasteiger partial charge < -0.3 is 10.6 Å². The first-order valence-electron chi connectivity index (χ1n) is 9.27. The van der Waals surface area contributed by atoms with Crippen molar-refractivity contribution < 1.29 is 9.92 Å². The summed E-state index contributed by atoms with van der Waals surface area (Å²) in [5.41, 5.74) is 7.64. The van der Waals surface area contributed by atoms with Crippen molar-refractivity contribution in [1.82, 2.24) is 0 Å². The van der Waals surface area contributed by atoms with Crippen molar-refractivity contribution in [2.45, 2.75) is 64.4 Å². The van der Waals surface area contributed by atoms with E-state index in [0.29, 0.717) is 12.5 Å². The highest BCUT2D eigenvalue weighted by atomic mass is 17.0. The van der Waals surface area contributed by atoms with Crippen LogP contribution in [0.5, 0.6) is 0 Å². The van der Waals surface area contributed by atoms with Gasteiger partial charge in [0.1, 0.15) is 6.10 Å². The predicted octanol–water partition coefficient (Wildman–Crippen LogP) is 4.09. The number of benzene rings is 1. The molecule has 5 unspecified atom stereocenters. The molecule has 2 N–H and O–H groups in total. The molecule has 0 aliphatic heterocycles. The van der Waals surface area contributed by atoms with E-state index in [1.165, 1.54) is 5.56 Å². The van der Waals surface area contributed by atoms with Gasteiger partial charge in [-0.2, -0.15) is 0 Å². The monoisotopic (exact) mass is 346 g/mol. The molecule has 2 saturated carbocycles. The van der Waals surface area contributed by atoms with Gasteiger partial charge in [0, 0.05) is 0 Å². The summed E-state index contributed by atoms with van der Waals surface area (Å²) in [6.45, 7) is 6.97. The van der Waals surface area contributed by atoms with Crippen LogP contribution in [0.25, 0.3) is 0 Å². The highest BCUT2D eigenvalue weighted by Crippen LogP contribution is 2.61. The van der Waals surface area contributed by atoms with Crippen LogP contribution < -0.4 is 5.73 Å². The van der Waals surface area contributed by atoms with Crippen LogP contribution in [0.3, 0.4) is 0 Å². The Hall–Kier alpha value is -1.62. The Balaban J connectivity index is 1.89. The molecule has 138 valence electrons. The van der Waals surface area contributed by atoms with E-state index in [1.54, 1.807) is 0 Å². The van der Waals surface area contributed by atoms with E-state index >= 15 is 0 Å². The Morgan fingerprint density at radius 3 is 2.52 bits per heavy atom. The third-order valence-corrected chi connectivity index (χ3v) is 6.89. The van der Waals surface area contributed by atoms with Gasteiger partial charge in [0.15, 0.2) is 0 Å². The quantitative estimate of drug-likeness (QED) is 0.643. The number of nitrogens with two attached hydrogens (primary N) is 1. The number of nitrogens with zero attached hydrogens (tertiary/aromatic N) is 1. The van der Waals surface area contributed by atoms with Crippen LogP contribution in [-0.4, -0.2) is 17.7 Å². The molecule has 2 bridgehead atoms. The molecule has 2 aliphatic carbocycles. The molecule has 1 aromatic carbocycles. The Bertz CT molecular complexity index is 637. The van der Waals surface area contributed by atoms with Crippen LogP contribution in [0.1, 0.15) is 58.4 Å². The minimum Gasteiger partial charge on any atom is -0.330 e. The SMILES string of the molecule is CC(O[N+](=O)[O-])C1(C)CC2CC(CN)(CC(C)(c3ccccc3)C2)C1. The van der Waals surface area contributed by atoms with Crippen molar-refractivity contribution in [3.05, 3.63) is 46.0 Å². The van der Waals surface area contributed by atoms with E-state index in [0.717, 1.165) is 32.1 Å². The zero-order chi connectivity index (χ0) is 18.3. The molecule has 1 aromatic rings. The summed E-state index contributed by atoms with van der Waals surface area (Å²) in [6, 6.07) is 10.7. The standard InChI is InChI=1S/C20H30N2O3/c1-15(25-22(23)24)18(2)9-16-10-19(3,17-7-5-4-6-8-17)13-20(11-16,12-18)14-21/h4-8,15-16H,9-14,21H2,1-3H3. The topological polar surface area (TPSA) is 78.4 Å². The zero-order valence-electron chi connectivity index (χ0n) is 15.5. The molecule has 2 aliphatic rings. The van der Waals surface area contributed by atoms with Gasteiger partial charge in [-0.25, -0.2) is 0 Å². The largest absolute Gasteiger partial charge is 0.330 e. The molecule has 0 aromatic heterocycles. The second kappa shape index (κ2) is 6.27. The normalized spacial score (nSPS) is 38.8. The molecule has 0 amide bonds. The summed E-state index contributed by atoms with van der Waals surface area (Å²) in [4.78, 5) is 15.8. The molecular formula is C20H30N2O3. The van der Waals surface area contributed by atoms with E-state index in [-0.39, 0.29) is 16.2 Å². The van der Waals surface area contributed by atoms with Crippen LogP contribution in [0.2, 0.25) is 0 Å². The van der Waals surface area contributed by atoms with Gasteiger partial charge in [-0.05, 0) is 73.3 Å². The second-order valence-electron chi connectivity index (χ2n) is 9.09. The lowest BCUT2D eigenvalue weighted by Crippen LogP contribution is -2.54. The van der Waals surface area contributed by atoms with Gasteiger partial charge in [-0.15, -0.1) is 10.1 Å². The lowest BCUT2D eigenvalue weighted by atomic mass is 9.47. The van der Waals surface area contributed by atoms with Crippen LogP contribution in [0, 0.1) is 26.9 Å². The summed E-state index contributed by atoms with van der Waals surface area (Å²) in [5, 5.41) is 10.2. The summed E-state index contributed by atoms with van der Waals surface area (Å²) in [6.07, 6.45) is 4.73. The van der Waals surface area contributed by atoms with Crippen LogP contribution in [0.15, 0.2) is 30.3 Å². The number of fused-ring (bicyclic) bond motifs is 2. The molecule has 2 fully saturated rings. The summed E-state index contributed by atoms with van der Waals surface area (Å²) in [7, 11) is 0. The Labute approximate surface area is 150 Å². The van der Waals surface area contributed by atoms with E-state index in [2.05, 4.69) is 44.2 Å². The number of hydrogen-bond acceptors (Lipinski definition) is 4. The second-order valence-corrected chi connectivity index (χ2v) is 9.09. The van der Waals surface area contributed by atoms with E-state index in [9.17, 15) is 10.1 Å². The van der Waals surface area contributed by atoms with Gasteiger partial charge in [-0.1, -0.05) is 44.2 Å². The molecule has 0 saturated heterocycles. The van der Waals surface area contributed by atoms with Crippen LogP contribution >= 0.6 is 0 Å². The fourth-order valence-corrected chi connectivity index (χ4v) is 6.02. The van der Waals surface area contributed by atoms with Gasteiger partial charge in [0.25, 0.3) is 5.09 Å². The van der Waals surface area contributed by atoms with Crippen LogP contribution in [0.4, 0.5) is 0 Å². The molecule has 0 heterocycles. The highest BCUT2D eigenvalue weighted by molar-refractivity contribution is 5.27. The minimum absolute atomic E-state index is 0.0364. The van der Waals surface area contributed by atoms with Crippen LogP contribution in [-0.2, 0) is 10.3 Å². The summed E-state index contributed by atoms with van der Waals surface area (Å²) >= 11 is 0. The first-order chi connectivity index (χ1) is 11.7. The molecule has 25 heavy (non-hydrogen) atoms. The fourth-order valence-electron chi connectivity index (χ4n) is 6.02. The third-order valence-electron chi connectivity index (χ3n) is 6.89. The lowest BCUT2D eigenvalue weighted by molar-refractivity contribution is -0.772. The molecule has 0 spiro atoms. The van der Waals surface area contributed by atoms with E-state index in [1.807, 2.05) is 6.92 Å².